The van der Waals surface area contributed by atoms with Gasteiger partial charge in [-0.3, -0.25) is 4.63 Å². The van der Waals surface area contributed by atoms with Crippen LogP contribution in [0.4, 0.5) is 4.79 Å². The SMILES string of the molecule is CCOC(=O)n1c(C)c(OC)c2ccc3c(no[n+]3[O-])c21. The minimum atomic E-state index is -0.559. The van der Waals surface area contributed by atoms with E-state index in [9.17, 15) is 10.0 Å². The number of hydrogen-bond acceptors (Lipinski definition) is 6. The predicted octanol–water partition coefficient (Wildman–Crippen LogP) is 1.74. The molecule has 0 aliphatic heterocycles. The zero-order valence-electron chi connectivity index (χ0n) is 11.7. The number of fused-ring (bicyclic) bond motifs is 3. The van der Waals surface area contributed by atoms with Gasteiger partial charge in [0.25, 0.3) is 5.52 Å². The summed E-state index contributed by atoms with van der Waals surface area (Å²) in [7, 11) is 1.51. The van der Waals surface area contributed by atoms with Crippen molar-refractivity contribution in [2.75, 3.05) is 13.7 Å². The number of nitrogens with zero attached hydrogens (tertiary/aromatic N) is 3. The highest BCUT2D eigenvalue weighted by Gasteiger charge is 2.26. The van der Waals surface area contributed by atoms with Gasteiger partial charge in [-0.1, -0.05) is 0 Å². The fourth-order valence-corrected chi connectivity index (χ4v) is 2.48. The van der Waals surface area contributed by atoms with Crippen LogP contribution in [0.25, 0.3) is 21.9 Å². The summed E-state index contributed by atoms with van der Waals surface area (Å²) in [6.07, 6.45) is -0.559. The molecule has 2 aromatic heterocycles. The third-order valence-corrected chi connectivity index (χ3v) is 3.32. The lowest BCUT2D eigenvalue weighted by Crippen LogP contribution is -2.22. The third kappa shape index (κ3) is 1.72. The standard InChI is InChI=1S/C13H13N3O5/c1-4-20-13(17)15-7(2)12(19-3)8-5-6-9-10(11(8)15)14-21-16(9)18/h5-6H,4H2,1-3H3. The Kier molecular flexibility index (Phi) is 2.93. The first-order chi connectivity index (χ1) is 10.1. The van der Waals surface area contributed by atoms with Crippen molar-refractivity contribution in [3.05, 3.63) is 23.0 Å². The minimum Gasteiger partial charge on any atom is -0.494 e. The smallest absolute Gasteiger partial charge is 0.418 e. The van der Waals surface area contributed by atoms with Gasteiger partial charge in [-0.05, 0) is 30.9 Å². The largest absolute Gasteiger partial charge is 0.494 e. The van der Waals surface area contributed by atoms with Gasteiger partial charge >= 0.3 is 6.09 Å². The maximum atomic E-state index is 12.2. The zero-order chi connectivity index (χ0) is 15.1. The van der Waals surface area contributed by atoms with Crippen LogP contribution in [0.5, 0.6) is 5.75 Å². The van der Waals surface area contributed by atoms with Crippen molar-refractivity contribution in [3.63, 3.8) is 0 Å². The summed E-state index contributed by atoms with van der Waals surface area (Å²) in [5.74, 6) is 0.528. The summed E-state index contributed by atoms with van der Waals surface area (Å²) in [5, 5.41) is 15.9. The predicted molar refractivity (Wildman–Crippen MR) is 72.2 cm³/mol. The van der Waals surface area contributed by atoms with E-state index in [1.54, 1.807) is 26.0 Å². The number of hydrogen-bond donors (Lipinski definition) is 0. The molecule has 0 aliphatic carbocycles. The molecular weight excluding hydrogens is 278 g/mol. The molecule has 0 radical (unpaired) electrons. The number of carbonyl (C=O) groups is 1. The molecule has 0 unspecified atom stereocenters. The number of rotatable bonds is 2. The Morgan fingerprint density at radius 2 is 2.29 bits per heavy atom. The Morgan fingerprint density at radius 1 is 1.52 bits per heavy atom. The minimum absolute atomic E-state index is 0.230. The van der Waals surface area contributed by atoms with Crippen LogP contribution in [0.2, 0.25) is 0 Å². The normalized spacial score (nSPS) is 11.2. The molecule has 8 nitrogen and oxygen atoms in total. The zero-order valence-corrected chi connectivity index (χ0v) is 11.7. The number of aromatic nitrogens is 3. The molecule has 8 heteroatoms. The van der Waals surface area contributed by atoms with E-state index >= 15 is 0 Å². The van der Waals surface area contributed by atoms with Crippen LogP contribution in [0, 0.1) is 12.1 Å². The maximum absolute atomic E-state index is 12.2. The molecule has 1 aromatic carbocycles. The summed E-state index contributed by atoms with van der Waals surface area (Å²) in [6, 6.07) is 3.25. The van der Waals surface area contributed by atoms with Crippen molar-refractivity contribution >= 4 is 28.0 Å². The van der Waals surface area contributed by atoms with E-state index in [0.29, 0.717) is 27.2 Å². The summed E-state index contributed by atoms with van der Waals surface area (Å²) in [4.78, 5) is 12.5. The van der Waals surface area contributed by atoms with E-state index in [1.807, 2.05) is 0 Å². The van der Waals surface area contributed by atoms with E-state index in [2.05, 4.69) is 9.79 Å². The number of methoxy groups -OCH3 is 1. The van der Waals surface area contributed by atoms with Crippen LogP contribution >= 0.6 is 0 Å². The third-order valence-electron chi connectivity index (χ3n) is 3.32. The van der Waals surface area contributed by atoms with Crippen molar-refractivity contribution in [1.82, 2.24) is 9.72 Å². The van der Waals surface area contributed by atoms with Crippen LogP contribution in [0.3, 0.4) is 0 Å². The summed E-state index contributed by atoms with van der Waals surface area (Å²) < 4.78 is 16.3. The average Bonchev–Trinajstić information content (AvgIpc) is 2.96. The van der Waals surface area contributed by atoms with Crippen LogP contribution in [0.1, 0.15) is 12.6 Å². The molecule has 21 heavy (non-hydrogen) atoms. The Balaban J connectivity index is 2.46. The Hall–Kier alpha value is -2.77. The monoisotopic (exact) mass is 291 g/mol. The van der Waals surface area contributed by atoms with Gasteiger partial charge < -0.3 is 14.7 Å². The Labute approximate surface area is 119 Å². The van der Waals surface area contributed by atoms with Crippen molar-refractivity contribution in [1.29, 1.82) is 0 Å². The van der Waals surface area contributed by atoms with Gasteiger partial charge in [0.1, 0.15) is 11.3 Å². The molecule has 0 amide bonds. The highest BCUT2D eigenvalue weighted by molar-refractivity contribution is 6.08. The van der Waals surface area contributed by atoms with E-state index in [-0.39, 0.29) is 17.6 Å². The van der Waals surface area contributed by atoms with Gasteiger partial charge in [0.05, 0.1) is 19.4 Å². The second-order valence-electron chi connectivity index (χ2n) is 4.41. The van der Waals surface area contributed by atoms with E-state index in [4.69, 9.17) is 9.47 Å². The lowest BCUT2D eigenvalue weighted by molar-refractivity contribution is -0.782. The molecule has 0 bridgehead atoms. The van der Waals surface area contributed by atoms with Gasteiger partial charge in [-0.15, -0.1) is 0 Å². The van der Waals surface area contributed by atoms with Crippen LogP contribution in [-0.2, 0) is 4.74 Å². The van der Waals surface area contributed by atoms with Crippen LogP contribution in [-0.4, -0.2) is 29.5 Å². The molecule has 0 N–H and O–H groups in total. The van der Waals surface area contributed by atoms with Gasteiger partial charge in [0.15, 0.2) is 0 Å². The molecule has 110 valence electrons. The van der Waals surface area contributed by atoms with Gasteiger partial charge in [0.2, 0.25) is 5.52 Å². The van der Waals surface area contributed by atoms with Crippen molar-refractivity contribution < 1.29 is 23.8 Å². The number of benzene rings is 1. The van der Waals surface area contributed by atoms with Gasteiger partial charge in [0, 0.05) is 10.5 Å². The quantitative estimate of drug-likeness (QED) is 0.667. The number of ether oxygens (including phenoxy) is 2. The summed E-state index contributed by atoms with van der Waals surface area (Å²) in [5.41, 5.74) is 1.51. The molecule has 0 atom stereocenters. The highest BCUT2D eigenvalue weighted by Crippen LogP contribution is 2.35. The fraction of sp³-hybridized carbons (Fsp3) is 0.308. The van der Waals surface area contributed by atoms with E-state index < -0.39 is 6.09 Å². The van der Waals surface area contributed by atoms with Crippen LogP contribution in [0.15, 0.2) is 16.8 Å². The van der Waals surface area contributed by atoms with Crippen molar-refractivity contribution in [2.24, 2.45) is 0 Å². The topological polar surface area (TPSA) is 93.4 Å². The molecule has 3 aromatic rings. The van der Waals surface area contributed by atoms with Gasteiger partial charge in [-0.2, -0.15) is 0 Å². The maximum Gasteiger partial charge on any atom is 0.418 e. The molecular formula is C13H13N3O5. The number of carbonyl (C=O) groups excluding carboxylic acids is 1. The first-order valence-corrected chi connectivity index (χ1v) is 6.34. The summed E-state index contributed by atoms with van der Waals surface area (Å²) in [6.45, 7) is 3.68. The molecule has 2 heterocycles. The van der Waals surface area contributed by atoms with Gasteiger partial charge in [-0.25, -0.2) is 9.36 Å². The average molecular weight is 291 g/mol. The molecule has 0 fully saturated rings. The molecule has 0 spiro atoms. The first-order valence-electron chi connectivity index (χ1n) is 6.34. The van der Waals surface area contributed by atoms with E-state index in [1.165, 1.54) is 11.7 Å². The fourth-order valence-electron chi connectivity index (χ4n) is 2.48. The molecule has 3 rings (SSSR count). The Bertz CT molecular complexity index is 849. The lowest BCUT2D eigenvalue weighted by Gasteiger charge is -2.05. The second kappa shape index (κ2) is 4.65. The molecule has 0 aliphatic rings. The van der Waals surface area contributed by atoms with E-state index in [0.717, 1.165) is 0 Å². The molecule has 0 saturated heterocycles. The Morgan fingerprint density at radius 3 is 2.95 bits per heavy atom. The van der Waals surface area contributed by atoms with Crippen molar-refractivity contribution in [2.45, 2.75) is 13.8 Å². The first kappa shape index (κ1) is 13.2. The lowest BCUT2D eigenvalue weighted by atomic mass is 10.2. The van der Waals surface area contributed by atoms with Crippen molar-refractivity contribution in [3.8, 4) is 5.75 Å². The molecule has 0 saturated carbocycles. The van der Waals surface area contributed by atoms with Crippen LogP contribution < -0.4 is 9.64 Å². The second-order valence-corrected chi connectivity index (χ2v) is 4.41. The highest BCUT2D eigenvalue weighted by atomic mass is 16.8. The summed E-state index contributed by atoms with van der Waals surface area (Å²) >= 11 is 0.